The Bertz CT molecular complexity index is 1100. The van der Waals surface area contributed by atoms with E-state index in [-0.39, 0.29) is 29.1 Å². The van der Waals surface area contributed by atoms with Crippen molar-refractivity contribution >= 4 is 32.1 Å². The van der Waals surface area contributed by atoms with Crippen LogP contribution < -0.4 is 14.8 Å². The van der Waals surface area contributed by atoms with Crippen LogP contribution in [0.25, 0.3) is 0 Å². The van der Waals surface area contributed by atoms with Gasteiger partial charge in [0, 0.05) is 32.2 Å². The van der Waals surface area contributed by atoms with Crippen LogP contribution in [0.5, 0.6) is 0 Å². The smallest absolute Gasteiger partial charge is 0.475 e. The van der Waals surface area contributed by atoms with Crippen LogP contribution in [0.3, 0.4) is 0 Å². The van der Waals surface area contributed by atoms with Crippen LogP contribution in [0.1, 0.15) is 46.5 Å². The third kappa shape index (κ3) is 13.7. The van der Waals surface area contributed by atoms with E-state index in [9.17, 15) is 34.8 Å². The summed E-state index contributed by atoms with van der Waals surface area (Å²) in [5, 5.41) is 9.92. The standard InChI is InChI=1S/C13H24N2O5S.C8H16N2O3S.C2HF3O2/c1-13(2,3)20-12(16)15-6-7-19-9-10(15)8-14-21(17,18)11-4-5-11;11-14(12,8-1-2-8)10-5-7-6-13-4-3-9-7;3-2(4,5)1(6)7/h10-11,14H,4-9H2,1-3H3;7-10H,1-6H2;(H,6,7). The molecular formula is C23H41F3N4O10S2. The van der Waals surface area contributed by atoms with Crippen molar-refractivity contribution in [2.45, 2.75) is 80.8 Å². The second-order valence-electron chi connectivity index (χ2n) is 11.1. The van der Waals surface area contributed by atoms with Crippen molar-refractivity contribution in [2.24, 2.45) is 0 Å². The van der Waals surface area contributed by atoms with E-state index in [1.54, 1.807) is 25.7 Å². The van der Waals surface area contributed by atoms with Crippen molar-refractivity contribution in [1.29, 1.82) is 0 Å². The minimum absolute atomic E-state index is 0.122. The molecule has 2 saturated heterocycles. The van der Waals surface area contributed by atoms with E-state index < -0.39 is 43.9 Å². The fourth-order valence-electron chi connectivity index (χ4n) is 3.56. The summed E-state index contributed by atoms with van der Waals surface area (Å²) in [7, 11) is -6.29. The number of sulfonamides is 2. The Labute approximate surface area is 244 Å². The van der Waals surface area contributed by atoms with E-state index in [4.69, 9.17) is 24.1 Å². The van der Waals surface area contributed by atoms with Gasteiger partial charge in [-0.2, -0.15) is 13.2 Å². The third-order valence-electron chi connectivity index (χ3n) is 6.07. The van der Waals surface area contributed by atoms with Gasteiger partial charge in [0.2, 0.25) is 20.0 Å². The van der Waals surface area contributed by atoms with E-state index in [2.05, 4.69) is 14.8 Å². The molecule has 0 aromatic rings. The lowest BCUT2D eigenvalue weighted by Gasteiger charge is -2.36. The summed E-state index contributed by atoms with van der Waals surface area (Å²) in [6.45, 7) is 9.27. The van der Waals surface area contributed by atoms with Gasteiger partial charge < -0.3 is 24.6 Å². The minimum atomic E-state index is -5.08. The highest BCUT2D eigenvalue weighted by molar-refractivity contribution is 7.90. The Hall–Kier alpha value is -1.77. The molecule has 14 nitrogen and oxygen atoms in total. The first-order chi connectivity index (χ1) is 19.3. The fraction of sp³-hybridized carbons (Fsp3) is 0.913. The van der Waals surface area contributed by atoms with Gasteiger partial charge in [-0.05, 0) is 46.5 Å². The quantitative estimate of drug-likeness (QED) is 0.283. The van der Waals surface area contributed by atoms with Crippen molar-refractivity contribution in [1.82, 2.24) is 19.7 Å². The number of alkyl halides is 3. The molecule has 2 saturated carbocycles. The van der Waals surface area contributed by atoms with Gasteiger partial charge in [-0.15, -0.1) is 0 Å². The van der Waals surface area contributed by atoms with Gasteiger partial charge in [0.15, 0.2) is 0 Å². The highest BCUT2D eigenvalue weighted by Gasteiger charge is 2.39. The maximum absolute atomic E-state index is 12.2. The van der Waals surface area contributed by atoms with E-state index in [1.165, 1.54) is 0 Å². The Morgan fingerprint density at radius 2 is 1.43 bits per heavy atom. The number of hydrogen-bond donors (Lipinski definition) is 4. The van der Waals surface area contributed by atoms with Gasteiger partial charge in [-0.1, -0.05) is 0 Å². The maximum Gasteiger partial charge on any atom is 0.490 e. The minimum Gasteiger partial charge on any atom is -0.475 e. The topological polar surface area (TPSA) is 190 Å². The molecular weight excluding hydrogens is 613 g/mol. The molecule has 4 rings (SSSR count). The van der Waals surface area contributed by atoms with Crippen LogP contribution in [0.4, 0.5) is 18.0 Å². The molecule has 42 heavy (non-hydrogen) atoms. The van der Waals surface area contributed by atoms with Crippen molar-refractivity contribution in [3.05, 3.63) is 0 Å². The van der Waals surface area contributed by atoms with Crippen LogP contribution in [-0.4, -0.2) is 126 Å². The zero-order chi connectivity index (χ0) is 31.8. The molecule has 2 aliphatic carbocycles. The molecule has 0 aromatic carbocycles. The lowest BCUT2D eigenvalue weighted by atomic mass is 10.2. The Morgan fingerprint density at radius 3 is 1.86 bits per heavy atom. The van der Waals surface area contributed by atoms with E-state index >= 15 is 0 Å². The molecule has 0 bridgehead atoms. The average Bonchev–Trinajstić information content (AvgIpc) is 3.78. The van der Waals surface area contributed by atoms with Gasteiger partial charge in [-0.3, -0.25) is 4.90 Å². The number of rotatable bonds is 8. The molecule has 2 aliphatic heterocycles. The molecule has 4 aliphatic rings. The monoisotopic (exact) mass is 654 g/mol. The van der Waals surface area contributed by atoms with Crippen molar-refractivity contribution < 1.29 is 58.9 Å². The molecule has 0 radical (unpaired) electrons. The number of carbonyl (C=O) groups is 2. The molecule has 0 spiro atoms. The molecule has 2 heterocycles. The third-order valence-corrected chi connectivity index (χ3v) is 9.91. The zero-order valence-electron chi connectivity index (χ0n) is 23.8. The van der Waals surface area contributed by atoms with Gasteiger partial charge in [0.25, 0.3) is 0 Å². The molecule has 0 aromatic heterocycles. The number of amides is 1. The first kappa shape index (κ1) is 36.4. The number of halogens is 3. The summed E-state index contributed by atoms with van der Waals surface area (Å²) in [4.78, 5) is 22.6. The molecule has 4 fully saturated rings. The molecule has 246 valence electrons. The lowest BCUT2D eigenvalue weighted by Crippen LogP contribution is -2.54. The summed E-state index contributed by atoms with van der Waals surface area (Å²) >= 11 is 0. The van der Waals surface area contributed by atoms with Crippen LogP contribution in [-0.2, 0) is 39.1 Å². The number of hydrogen-bond acceptors (Lipinski definition) is 10. The first-order valence-electron chi connectivity index (χ1n) is 13.5. The lowest BCUT2D eigenvalue weighted by molar-refractivity contribution is -0.192. The van der Waals surface area contributed by atoms with Crippen molar-refractivity contribution in [2.75, 3.05) is 52.6 Å². The Kier molecular flexibility index (Phi) is 13.3. The Balaban J connectivity index is 0.000000252. The van der Waals surface area contributed by atoms with E-state index in [1.807, 2.05) is 0 Å². The van der Waals surface area contributed by atoms with E-state index in [0.717, 1.165) is 19.4 Å². The summed E-state index contributed by atoms with van der Waals surface area (Å²) in [5.74, 6) is -2.76. The van der Waals surface area contributed by atoms with E-state index in [0.29, 0.717) is 52.4 Å². The second kappa shape index (κ2) is 15.3. The van der Waals surface area contributed by atoms with Crippen LogP contribution in [0.15, 0.2) is 0 Å². The van der Waals surface area contributed by atoms with Gasteiger partial charge in [0.1, 0.15) is 5.60 Å². The number of carboxylic acids is 1. The highest BCUT2D eigenvalue weighted by atomic mass is 32.2. The maximum atomic E-state index is 12.2. The largest absolute Gasteiger partial charge is 0.490 e. The second-order valence-corrected chi connectivity index (χ2v) is 15.2. The summed E-state index contributed by atoms with van der Waals surface area (Å²) < 4.78 is 99.5. The number of morpholine rings is 2. The number of ether oxygens (including phenoxy) is 3. The molecule has 4 N–H and O–H groups in total. The Morgan fingerprint density at radius 1 is 0.929 bits per heavy atom. The van der Waals surface area contributed by atoms with Gasteiger partial charge in [-0.25, -0.2) is 35.9 Å². The summed E-state index contributed by atoms with van der Waals surface area (Å²) in [6.07, 6.45) is -2.46. The van der Waals surface area contributed by atoms with Crippen LogP contribution in [0.2, 0.25) is 0 Å². The summed E-state index contributed by atoms with van der Waals surface area (Å²) in [6, 6.07) is -0.209. The summed E-state index contributed by atoms with van der Waals surface area (Å²) in [5.41, 5.74) is -0.576. The average molecular weight is 655 g/mol. The molecule has 2 unspecified atom stereocenters. The predicted octanol–water partition coefficient (Wildman–Crippen LogP) is 0.394. The number of nitrogens with zero attached hydrogens (tertiary/aromatic N) is 1. The number of carbonyl (C=O) groups excluding carboxylic acids is 1. The van der Waals surface area contributed by atoms with Crippen molar-refractivity contribution in [3.63, 3.8) is 0 Å². The zero-order valence-corrected chi connectivity index (χ0v) is 25.4. The number of nitrogens with one attached hydrogen (secondary N) is 3. The fourth-order valence-corrected chi connectivity index (χ4v) is 6.40. The molecule has 2 atom stereocenters. The predicted molar refractivity (Wildman–Crippen MR) is 144 cm³/mol. The van der Waals surface area contributed by atoms with Crippen LogP contribution >= 0.6 is 0 Å². The first-order valence-corrected chi connectivity index (χ1v) is 16.6. The molecule has 19 heteroatoms. The highest BCUT2D eigenvalue weighted by Crippen LogP contribution is 2.28. The SMILES string of the molecule is CC(C)(C)OC(=O)N1CCOCC1CNS(=O)(=O)C1CC1.O=C(O)C(F)(F)F.O=S(=O)(NCC1COCCN1)C1CC1. The normalized spacial score (nSPS) is 23.5. The van der Waals surface area contributed by atoms with Gasteiger partial charge >= 0.3 is 18.2 Å². The molecule has 1 amide bonds. The number of carboxylic acid groups (broad SMARTS) is 1. The van der Waals surface area contributed by atoms with Gasteiger partial charge in [0.05, 0.1) is 43.0 Å². The van der Waals surface area contributed by atoms with Crippen molar-refractivity contribution in [3.8, 4) is 0 Å². The number of aliphatic carboxylic acids is 1. The van der Waals surface area contributed by atoms with Crippen LogP contribution in [0, 0.1) is 0 Å².